The Morgan fingerprint density at radius 3 is 2.48 bits per heavy atom. The second-order valence-electron chi connectivity index (χ2n) is 9.25. The number of amides is 1. The van der Waals surface area contributed by atoms with Crippen LogP contribution in [0.2, 0.25) is 0 Å². The molecule has 1 aliphatic rings. The number of nitrogens with one attached hydrogen (secondary N) is 2. The van der Waals surface area contributed by atoms with E-state index >= 15 is 0 Å². The van der Waals surface area contributed by atoms with Crippen LogP contribution < -0.4 is 10.1 Å². The van der Waals surface area contributed by atoms with Gasteiger partial charge in [0, 0.05) is 30.4 Å². The van der Waals surface area contributed by atoms with Crippen LogP contribution >= 0.6 is 0 Å². The number of ether oxygens (including phenoxy) is 1. The molecule has 40 heavy (non-hydrogen) atoms. The molecule has 3 N–H and O–H groups in total. The van der Waals surface area contributed by atoms with Gasteiger partial charge in [-0.2, -0.15) is 21.6 Å². The minimum Gasteiger partial charge on any atom is -0.460 e. The van der Waals surface area contributed by atoms with Crippen LogP contribution in [0.25, 0.3) is 33.5 Å². The van der Waals surface area contributed by atoms with Crippen molar-refractivity contribution in [1.82, 2.24) is 25.3 Å². The molecule has 2 aromatic heterocycles. The lowest BCUT2D eigenvalue weighted by atomic mass is 9.81. The van der Waals surface area contributed by atoms with Crippen molar-refractivity contribution in [1.29, 1.82) is 0 Å². The molecule has 2 aromatic carbocycles. The van der Waals surface area contributed by atoms with E-state index in [1.54, 1.807) is 6.07 Å². The highest BCUT2D eigenvalue weighted by atomic mass is 32.2. The van der Waals surface area contributed by atoms with Crippen molar-refractivity contribution in [2.75, 3.05) is 12.3 Å². The van der Waals surface area contributed by atoms with E-state index in [0.29, 0.717) is 24.0 Å². The molecule has 0 radical (unpaired) electrons. The second kappa shape index (κ2) is 10.5. The number of aromatic amines is 1. The number of benzene rings is 2. The summed E-state index contributed by atoms with van der Waals surface area (Å²) < 4.78 is 89.7. The number of carbonyl (C=O) groups is 1. The van der Waals surface area contributed by atoms with Crippen molar-refractivity contribution in [2.24, 2.45) is 5.92 Å². The second-order valence-corrected chi connectivity index (χ2v) is 10.8. The number of hydrogen-bond acceptors (Lipinski definition) is 7. The third-order valence-corrected chi connectivity index (χ3v) is 7.11. The fourth-order valence-electron chi connectivity index (χ4n) is 4.20. The van der Waals surface area contributed by atoms with Gasteiger partial charge < -0.3 is 15.0 Å². The fraction of sp³-hybridized carbons (Fsp3) is 0.280. The van der Waals surface area contributed by atoms with E-state index < -0.39 is 33.4 Å². The van der Waals surface area contributed by atoms with E-state index in [1.807, 2.05) is 0 Å². The summed E-state index contributed by atoms with van der Waals surface area (Å²) in [6.07, 6.45) is -1.18. The molecule has 4 aromatic rings. The maximum absolute atomic E-state index is 15.0. The van der Waals surface area contributed by atoms with Gasteiger partial charge in [-0.3, -0.25) is 9.35 Å². The average molecular weight is 580 g/mol. The first-order valence-corrected chi connectivity index (χ1v) is 13.6. The summed E-state index contributed by atoms with van der Waals surface area (Å²) in [5.41, 5.74) is 0.583. The Bertz CT molecular complexity index is 1670. The van der Waals surface area contributed by atoms with Crippen molar-refractivity contribution < 1.29 is 40.1 Å². The van der Waals surface area contributed by atoms with Crippen molar-refractivity contribution in [3.8, 4) is 28.5 Å². The number of carbonyl (C=O) groups excluding carboxylic acids is 1. The van der Waals surface area contributed by atoms with E-state index in [-0.39, 0.29) is 52.9 Å². The number of fused-ring (bicyclic) bond motifs is 1. The van der Waals surface area contributed by atoms with E-state index in [1.165, 1.54) is 30.6 Å². The molecule has 2 heterocycles. The number of nitrogens with zero attached hydrogens (tertiary/aromatic N) is 3. The number of hydrogen-bond donors (Lipinski definition) is 3. The molecule has 210 valence electrons. The van der Waals surface area contributed by atoms with Crippen LogP contribution in [0.1, 0.15) is 18.4 Å². The summed E-state index contributed by atoms with van der Waals surface area (Å²) in [6, 6.07) is 7.41. The maximum Gasteiger partial charge on any atom is 0.416 e. The van der Waals surface area contributed by atoms with Gasteiger partial charge in [0.25, 0.3) is 10.1 Å². The average Bonchev–Trinajstić information content (AvgIpc) is 3.28. The highest BCUT2D eigenvalue weighted by Crippen LogP contribution is 2.33. The van der Waals surface area contributed by atoms with E-state index in [9.17, 15) is 30.8 Å². The zero-order valence-electron chi connectivity index (χ0n) is 20.4. The van der Waals surface area contributed by atoms with Crippen LogP contribution in [0, 0.1) is 11.7 Å². The third kappa shape index (κ3) is 6.20. The van der Waals surface area contributed by atoms with Gasteiger partial charge in [-0.15, -0.1) is 0 Å². The molecule has 0 bridgehead atoms. The largest absolute Gasteiger partial charge is 0.460 e. The van der Waals surface area contributed by atoms with Crippen LogP contribution in [0.5, 0.6) is 6.01 Å². The number of aromatic nitrogens is 4. The number of rotatable bonds is 8. The number of halogens is 4. The molecule has 0 atom stereocenters. The molecule has 1 saturated carbocycles. The van der Waals surface area contributed by atoms with Crippen molar-refractivity contribution in [3.63, 3.8) is 0 Å². The monoisotopic (exact) mass is 579 g/mol. The van der Waals surface area contributed by atoms with Gasteiger partial charge >= 0.3 is 12.2 Å². The molecule has 1 fully saturated rings. The molecule has 1 aliphatic carbocycles. The van der Waals surface area contributed by atoms with E-state index in [4.69, 9.17) is 9.29 Å². The van der Waals surface area contributed by atoms with Crippen LogP contribution in [0.4, 0.5) is 17.6 Å². The van der Waals surface area contributed by atoms with Crippen molar-refractivity contribution in [3.05, 3.63) is 60.2 Å². The zero-order chi connectivity index (χ0) is 28.7. The number of alkyl halides is 3. The summed E-state index contributed by atoms with van der Waals surface area (Å²) in [5, 5.41) is 2.44. The normalized spacial score (nSPS) is 17.4. The molecule has 5 rings (SSSR count). The van der Waals surface area contributed by atoms with Crippen molar-refractivity contribution >= 4 is 27.1 Å². The molecule has 0 unspecified atom stereocenters. The first-order valence-electron chi connectivity index (χ1n) is 11.9. The molecule has 1 amide bonds. The first kappa shape index (κ1) is 27.5. The lowest BCUT2D eigenvalue weighted by Crippen LogP contribution is -2.44. The summed E-state index contributed by atoms with van der Waals surface area (Å²) in [7, 11) is -4.15. The quantitative estimate of drug-likeness (QED) is 0.210. The minimum absolute atomic E-state index is 0.0663. The van der Waals surface area contributed by atoms with Gasteiger partial charge in [0.05, 0.1) is 27.9 Å². The summed E-state index contributed by atoms with van der Waals surface area (Å²) >= 11 is 0. The van der Waals surface area contributed by atoms with Gasteiger partial charge in [-0.05, 0) is 48.7 Å². The Labute approximate surface area is 224 Å². The fourth-order valence-corrected chi connectivity index (χ4v) is 4.56. The van der Waals surface area contributed by atoms with Gasteiger partial charge in [-0.1, -0.05) is 6.07 Å². The molecule has 0 spiro atoms. The van der Waals surface area contributed by atoms with Crippen molar-refractivity contribution in [2.45, 2.75) is 25.1 Å². The predicted octanol–water partition coefficient (Wildman–Crippen LogP) is 4.01. The molecule has 15 heteroatoms. The standard InChI is InChI=1S/C25H21F4N5O5S/c26-19-9-13(1-3-18(19)22-33-20-4-2-16(25(27,28)29)10-21(20)34-22)15-11-31-24(32-12-15)39-17-7-14(8-17)23(35)30-5-6-40(36,37)38/h1-4,9-12,14,17H,5-8H2,(H,30,35)(H,33,34)(H,36,37,38). The van der Waals surface area contributed by atoms with Crippen LogP contribution in [0.3, 0.4) is 0 Å². The highest BCUT2D eigenvalue weighted by molar-refractivity contribution is 7.85. The summed E-state index contributed by atoms with van der Waals surface area (Å²) in [5.74, 6) is -1.82. The molecular weight excluding hydrogens is 558 g/mol. The summed E-state index contributed by atoms with van der Waals surface area (Å²) in [6.45, 7) is -0.188. The van der Waals surface area contributed by atoms with E-state index in [2.05, 4.69) is 25.3 Å². The molecule has 0 aliphatic heterocycles. The SMILES string of the molecule is O=C(NCCS(=O)(=O)O)C1CC(Oc2ncc(-c3ccc(-c4nc5ccc(C(F)(F)F)cc5[nH]4)c(F)c3)cn2)C1. The Morgan fingerprint density at radius 1 is 1.10 bits per heavy atom. The smallest absolute Gasteiger partial charge is 0.416 e. The van der Waals surface area contributed by atoms with Gasteiger partial charge in [0.2, 0.25) is 5.91 Å². The Morgan fingerprint density at radius 2 is 1.82 bits per heavy atom. The number of H-pyrrole nitrogens is 1. The summed E-state index contributed by atoms with van der Waals surface area (Å²) in [4.78, 5) is 27.2. The lowest BCUT2D eigenvalue weighted by Gasteiger charge is -2.33. The Kier molecular flexibility index (Phi) is 7.18. The van der Waals surface area contributed by atoms with E-state index in [0.717, 1.165) is 12.1 Å². The topological polar surface area (TPSA) is 147 Å². The third-order valence-electron chi connectivity index (χ3n) is 6.39. The van der Waals surface area contributed by atoms with Gasteiger partial charge in [0.15, 0.2) is 0 Å². The van der Waals surface area contributed by atoms with Gasteiger partial charge in [0.1, 0.15) is 17.7 Å². The predicted molar refractivity (Wildman–Crippen MR) is 134 cm³/mol. The van der Waals surface area contributed by atoms with Crippen LogP contribution in [0.15, 0.2) is 48.8 Å². The minimum atomic E-state index is -4.51. The Balaban J connectivity index is 1.19. The molecular formula is C25H21F4N5O5S. The Hall–Kier alpha value is -4.11. The maximum atomic E-state index is 15.0. The van der Waals surface area contributed by atoms with Crippen LogP contribution in [-0.4, -0.2) is 57.2 Å². The number of imidazole rings is 1. The lowest BCUT2D eigenvalue weighted by molar-refractivity contribution is -0.137. The molecule has 0 saturated heterocycles. The zero-order valence-corrected chi connectivity index (χ0v) is 21.3. The first-order chi connectivity index (χ1) is 18.9. The van der Waals surface area contributed by atoms with Gasteiger partial charge in [-0.25, -0.2) is 19.3 Å². The highest BCUT2D eigenvalue weighted by Gasteiger charge is 2.36. The van der Waals surface area contributed by atoms with Crippen LogP contribution in [-0.2, 0) is 21.1 Å². The molecule has 10 nitrogen and oxygen atoms in total.